The van der Waals surface area contributed by atoms with E-state index < -0.39 is 0 Å². The van der Waals surface area contributed by atoms with Crippen LogP contribution in [0.1, 0.15) is 40.5 Å². The van der Waals surface area contributed by atoms with Crippen LogP contribution in [0.25, 0.3) is 0 Å². The molecule has 0 saturated heterocycles. The second kappa shape index (κ2) is 11.3. The van der Waals surface area contributed by atoms with Gasteiger partial charge in [-0.2, -0.15) is 12.2 Å². The fourth-order valence-electron chi connectivity index (χ4n) is 1.43. The Balaban J connectivity index is -0.000000225. The zero-order valence-electron chi connectivity index (χ0n) is 11.5. The Labute approximate surface area is 143 Å². The van der Waals surface area contributed by atoms with Crippen molar-refractivity contribution in [3.63, 3.8) is 0 Å². The Bertz CT molecular complexity index is 328. The summed E-state index contributed by atoms with van der Waals surface area (Å²) in [7, 11) is 0. The Morgan fingerprint density at radius 3 is 1.61 bits per heavy atom. The largest absolute Gasteiger partial charge is 0.270 e. The molecule has 2 rings (SSSR count). The Hall–Kier alpha value is 0.410. The molecule has 0 aromatic carbocycles. The van der Waals surface area contributed by atoms with E-state index in [1.54, 1.807) is 0 Å². The molecule has 0 atom stereocenters. The van der Waals surface area contributed by atoms with E-state index in [1.165, 1.54) is 11.1 Å². The smallest absolute Gasteiger partial charge is 0 e. The van der Waals surface area contributed by atoms with E-state index >= 15 is 0 Å². The molecule has 0 aromatic heterocycles. The average molecular weight is 452 g/mol. The van der Waals surface area contributed by atoms with Gasteiger partial charge in [0.15, 0.2) is 0 Å². The molecular weight excluding hydrogens is 430 g/mol. The van der Waals surface area contributed by atoms with Crippen molar-refractivity contribution in [2.24, 2.45) is 5.41 Å². The molecule has 0 amide bonds. The van der Waals surface area contributed by atoms with Crippen LogP contribution >= 0.6 is 24.8 Å². The number of hydrogen-bond donors (Lipinski definition) is 0. The van der Waals surface area contributed by atoms with Crippen molar-refractivity contribution in [2.75, 3.05) is 0 Å². The molecule has 0 bridgehead atoms. The van der Waals surface area contributed by atoms with Gasteiger partial charge in [-0.1, -0.05) is 27.7 Å². The number of hydrogen-bond acceptors (Lipinski definition) is 0. The zero-order chi connectivity index (χ0) is 11.3. The molecule has 0 unspecified atom stereocenters. The third kappa shape index (κ3) is 9.35. The minimum atomic E-state index is 0. The van der Waals surface area contributed by atoms with Crippen LogP contribution in [0.5, 0.6) is 0 Å². The van der Waals surface area contributed by atoms with Crippen molar-refractivity contribution < 1.29 is 25.8 Å². The summed E-state index contributed by atoms with van der Waals surface area (Å²) in [6.07, 6.45) is 17.0. The third-order valence-corrected chi connectivity index (χ3v) is 2.37. The average Bonchev–Trinajstić information content (AvgIpc) is 2.73. The summed E-state index contributed by atoms with van der Waals surface area (Å²) >= 11 is 0. The number of halogens is 2. The summed E-state index contributed by atoms with van der Waals surface area (Å²) in [6, 6.07) is 0. The normalized spacial score (nSPS) is 15.3. The maximum absolute atomic E-state index is 3.30. The fourth-order valence-corrected chi connectivity index (χ4v) is 1.43. The molecule has 102 valence electrons. The van der Waals surface area contributed by atoms with Crippen LogP contribution < -0.4 is 0 Å². The minimum absolute atomic E-state index is 0. The molecule has 2 aliphatic rings. The van der Waals surface area contributed by atoms with E-state index in [0.717, 1.165) is 12.8 Å². The molecule has 0 aromatic rings. The van der Waals surface area contributed by atoms with Gasteiger partial charge in [-0.25, -0.2) is 23.3 Å². The summed E-state index contributed by atoms with van der Waals surface area (Å²) in [4.78, 5) is 0. The van der Waals surface area contributed by atoms with E-state index in [2.05, 4.69) is 64.2 Å². The van der Waals surface area contributed by atoms with Crippen LogP contribution in [-0.4, -0.2) is 0 Å². The second-order valence-corrected chi connectivity index (χ2v) is 4.91. The standard InChI is InChI=1S/C9H13.C6H7.2ClH.Hf/c1-9(2,3)8-6-4-5-7-8;1-6-4-2-3-5-6;;;/h4,6H,5H2,1-3H3;2,4H,3H2,1H3;2*1H;/q2*-1;;;. The van der Waals surface area contributed by atoms with Gasteiger partial charge in [-0.15, -0.1) is 37.7 Å². The zero-order valence-corrected chi connectivity index (χ0v) is 16.8. The molecule has 0 spiro atoms. The maximum Gasteiger partial charge on any atom is 0 e. The Morgan fingerprint density at radius 2 is 1.44 bits per heavy atom. The van der Waals surface area contributed by atoms with Gasteiger partial charge >= 0.3 is 0 Å². The van der Waals surface area contributed by atoms with Gasteiger partial charge < -0.3 is 0 Å². The van der Waals surface area contributed by atoms with Gasteiger partial charge in [-0.3, -0.25) is 12.2 Å². The van der Waals surface area contributed by atoms with E-state index in [1.807, 2.05) is 0 Å². The first-order valence-electron chi connectivity index (χ1n) is 5.52. The van der Waals surface area contributed by atoms with Crippen molar-refractivity contribution in [3.8, 4) is 0 Å². The van der Waals surface area contributed by atoms with Crippen LogP contribution in [0.2, 0.25) is 0 Å². The predicted octanol–water partition coefficient (Wildman–Crippen LogP) is 5.26. The van der Waals surface area contributed by atoms with Gasteiger partial charge in [0.05, 0.1) is 0 Å². The molecule has 0 fully saturated rings. The van der Waals surface area contributed by atoms with E-state index in [4.69, 9.17) is 0 Å². The second-order valence-electron chi connectivity index (χ2n) is 4.91. The fraction of sp³-hybridized carbons (Fsp3) is 0.467. The molecule has 0 nitrogen and oxygen atoms in total. The SMILES string of the molecule is CC(C)(C)C1=[C-]CC=C1.CC1=[C-]CC=C1.Cl.Cl.[Hf]. The molecule has 0 radical (unpaired) electrons. The summed E-state index contributed by atoms with van der Waals surface area (Å²) in [5, 5.41) is 0. The molecule has 3 heteroatoms. The molecule has 0 N–H and O–H groups in total. The summed E-state index contributed by atoms with van der Waals surface area (Å²) in [5.41, 5.74) is 2.92. The van der Waals surface area contributed by atoms with E-state index in [0.29, 0.717) is 5.41 Å². The topological polar surface area (TPSA) is 0 Å². The van der Waals surface area contributed by atoms with Crippen molar-refractivity contribution in [1.82, 2.24) is 0 Å². The maximum atomic E-state index is 3.30. The summed E-state index contributed by atoms with van der Waals surface area (Å²) in [6.45, 7) is 8.70. The minimum Gasteiger partial charge on any atom is -0.270 e. The van der Waals surface area contributed by atoms with Crippen LogP contribution in [0.15, 0.2) is 35.5 Å². The van der Waals surface area contributed by atoms with Gasteiger partial charge in [-0.05, 0) is 5.41 Å². The molecule has 0 heterocycles. The van der Waals surface area contributed by atoms with Crippen LogP contribution in [0.4, 0.5) is 0 Å². The molecule has 0 saturated carbocycles. The Morgan fingerprint density at radius 1 is 0.944 bits per heavy atom. The van der Waals surface area contributed by atoms with Gasteiger partial charge in [0, 0.05) is 25.8 Å². The number of rotatable bonds is 0. The first-order chi connectivity index (χ1) is 7.00. The summed E-state index contributed by atoms with van der Waals surface area (Å²) < 4.78 is 0. The number of allylic oxidation sites excluding steroid dienone is 8. The van der Waals surface area contributed by atoms with Crippen LogP contribution in [-0.2, 0) is 25.8 Å². The predicted molar refractivity (Wildman–Crippen MR) is 80.7 cm³/mol. The van der Waals surface area contributed by atoms with Gasteiger partial charge in [0.2, 0.25) is 0 Å². The van der Waals surface area contributed by atoms with Crippen molar-refractivity contribution in [3.05, 3.63) is 47.6 Å². The van der Waals surface area contributed by atoms with Crippen molar-refractivity contribution in [2.45, 2.75) is 40.5 Å². The quantitative estimate of drug-likeness (QED) is 0.348. The van der Waals surface area contributed by atoms with E-state index in [-0.39, 0.29) is 50.7 Å². The van der Waals surface area contributed by atoms with Crippen molar-refractivity contribution >= 4 is 24.8 Å². The van der Waals surface area contributed by atoms with Crippen molar-refractivity contribution in [1.29, 1.82) is 0 Å². The molecule has 2 aliphatic carbocycles. The van der Waals surface area contributed by atoms with Crippen LogP contribution in [0.3, 0.4) is 0 Å². The van der Waals surface area contributed by atoms with Gasteiger partial charge in [0.25, 0.3) is 0 Å². The molecule has 18 heavy (non-hydrogen) atoms. The molecule has 0 aliphatic heterocycles. The monoisotopic (exact) mass is 452 g/mol. The molecular formula is C15H22Cl2Hf-2. The Kier molecular flexibility index (Phi) is 14.7. The van der Waals surface area contributed by atoms with Gasteiger partial charge in [0.1, 0.15) is 0 Å². The van der Waals surface area contributed by atoms with Crippen LogP contribution in [0, 0.1) is 17.6 Å². The summed E-state index contributed by atoms with van der Waals surface area (Å²) in [5.74, 6) is 0. The first-order valence-corrected chi connectivity index (χ1v) is 5.52. The van der Waals surface area contributed by atoms with E-state index in [9.17, 15) is 0 Å². The third-order valence-electron chi connectivity index (χ3n) is 2.37. The first kappa shape index (κ1) is 23.5.